The molecule has 0 bridgehead atoms. The Labute approximate surface area is 105 Å². The molecule has 0 aliphatic heterocycles. The fourth-order valence-corrected chi connectivity index (χ4v) is 1.40. The smallest absolute Gasteiger partial charge is 0.325 e. The molecule has 0 radical (unpaired) electrons. The zero-order valence-electron chi connectivity index (χ0n) is 9.49. The van der Waals surface area contributed by atoms with Gasteiger partial charge in [0.15, 0.2) is 0 Å². The molecule has 1 heterocycles. The predicted molar refractivity (Wildman–Crippen MR) is 66.4 cm³/mol. The Kier molecular flexibility index (Phi) is 3.15. The molecule has 0 unspecified atom stereocenters. The minimum atomic E-state index is -0.851. The molecule has 98 valence electrons. The number of halogens is 1. The third-order valence-corrected chi connectivity index (χ3v) is 2.33. The van der Waals surface area contributed by atoms with Crippen LogP contribution < -0.4 is 22.3 Å². The minimum absolute atomic E-state index is 0.0376. The summed E-state index contributed by atoms with van der Waals surface area (Å²) in [5.74, 6) is -1.39. The number of anilines is 2. The van der Waals surface area contributed by atoms with Crippen molar-refractivity contribution in [2.75, 3.05) is 11.1 Å². The molecule has 8 heteroatoms. The second-order valence-electron chi connectivity index (χ2n) is 3.67. The van der Waals surface area contributed by atoms with Crippen molar-refractivity contribution in [3.05, 3.63) is 56.6 Å². The molecule has 19 heavy (non-hydrogen) atoms. The molecular weight excluding hydrogens is 255 g/mol. The van der Waals surface area contributed by atoms with Gasteiger partial charge in [-0.15, -0.1) is 0 Å². The summed E-state index contributed by atoms with van der Waals surface area (Å²) in [5.41, 5.74) is 3.84. The number of aromatic nitrogens is 2. The fraction of sp³-hybridized carbons (Fsp3) is 0. The standard InChI is InChI=1S/C11H9FN4O3/c12-5-1-2-7(13)8(3-5)15-9(17)6-4-14-11(19)16-10(6)18/h1-4H,13H2,(H,15,17)(H2,14,16,18,19). The number of amides is 1. The first-order chi connectivity index (χ1) is 8.97. The van der Waals surface area contributed by atoms with E-state index in [9.17, 15) is 18.8 Å². The van der Waals surface area contributed by atoms with Crippen LogP contribution in [0.15, 0.2) is 34.0 Å². The molecule has 0 saturated carbocycles. The van der Waals surface area contributed by atoms with Crippen molar-refractivity contribution in [3.63, 3.8) is 0 Å². The zero-order valence-corrected chi connectivity index (χ0v) is 9.49. The lowest BCUT2D eigenvalue weighted by molar-refractivity contribution is 0.102. The highest BCUT2D eigenvalue weighted by molar-refractivity contribution is 6.05. The van der Waals surface area contributed by atoms with Gasteiger partial charge >= 0.3 is 5.69 Å². The second kappa shape index (κ2) is 4.77. The van der Waals surface area contributed by atoms with Crippen LogP contribution >= 0.6 is 0 Å². The predicted octanol–water partition coefficient (Wildman–Crippen LogP) is 0.0368. The molecule has 2 rings (SSSR count). The molecule has 5 N–H and O–H groups in total. The normalized spacial score (nSPS) is 10.2. The van der Waals surface area contributed by atoms with Gasteiger partial charge in [0, 0.05) is 6.20 Å². The van der Waals surface area contributed by atoms with E-state index in [0.717, 1.165) is 18.3 Å². The van der Waals surface area contributed by atoms with Gasteiger partial charge in [0.1, 0.15) is 11.4 Å². The van der Waals surface area contributed by atoms with Gasteiger partial charge in [0.2, 0.25) is 0 Å². The Bertz CT molecular complexity index is 750. The highest BCUT2D eigenvalue weighted by Gasteiger charge is 2.12. The van der Waals surface area contributed by atoms with Crippen LogP contribution in [0.3, 0.4) is 0 Å². The zero-order chi connectivity index (χ0) is 14.0. The number of rotatable bonds is 2. The number of nitrogens with two attached hydrogens (primary N) is 1. The molecule has 0 aliphatic carbocycles. The maximum absolute atomic E-state index is 13.0. The topological polar surface area (TPSA) is 121 Å². The molecule has 2 aromatic rings. The summed E-state index contributed by atoms with van der Waals surface area (Å²) in [6.45, 7) is 0. The van der Waals surface area contributed by atoms with E-state index in [2.05, 4.69) is 10.3 Å². The molecule has 1 aromatic carbocycles. The molecule has 0 spiro atoms. The van der Waals surface area contributed by atoms with Crippen molar-refractivity contribution in [3.8, 4) is 0 Å². The first-order valence-corrected chi connectivity index (χ1v) is 5.16. The number of nitrogen functional groups attached to an aromatic ring is 1. The first kappa shape index (κ1) is 12.6. The van der Waals surface area contributed by atoms with Crippen LogP contribution in [0.25, 0.3) is 0 Å². The van der Waals surface area contributed by atoms with Crippen molar-refractivity contribution in [1.82, 2.24) is 9.97 Å². The van der Waals surface area contributed by atoms with Crippen molar-refractivity contribution in [2.45, 2.75) is 0 Å². The third kappa shape index (κ3) is 2.68. The highest BCUT2D eigenvalue weighted by Crippen LogP contribution is 2.19. The van der Waals surface area contributed by atoms with E-state index in [4.69, 9.17) is 5.73 Å². The molecule has 0 fully saturated rings. The van der Waals surface area contributed by atoms with E-state index in [0.29, 0.717) is 0 Å². The van der Waals surface area contributed by atoms with Gasteiger partial charge < -0.3 is 16.0 Å². The maximum atomic E-state index is 13.0. The molecule has 0 atom stereocenters. The fourth-order valence-electron chi connectivity index (χ4n) is 1.40. The number of aromatic amines is 2. The molecule has 7 nitrogen and oxygen atoms in total. The van der Waals surface area contributed by atoms with E-state index in [1.807, 2.05) is 4.98 Å². The van der Waals surface area contributed by atoms with E-state index in [1.54, 1.807) is 0 Å². The summed E-state index contributed by atoms with van der Waals surface area (Å²) in [5, 5.41) is 2.28. The van der Waals surface area contributed by atoms with Gasteiger partial charge in [0.25, 0.3) is 11.5 Å². The molecule has 1 amide bonds. The van der Waals surface area contributed by atoms with Crippen molar-refractivity contribution >= 4 is 17.3 Å². The summed E-state index contributed by atoms with van der Waals surface area (Å²) in [6.07, 6.45) is 0.964. The number of hydrogen-bond donors (Lipinski definition) is 4. The van der Waals surface area contributed by atoms with Crippen LogP contribution in [0.2, 0.25) is 0 Å². The highest BCUT2D eigenvalue weighted by atomic mass is 19.1. The summed E-state index contributed by atoms with van der Waals surface area (Å²) in [7, 11) is 0. The Morgan fingerprint density at radius 1 is 1.32 bits per heavy atom. The molecule has 0 aliphatic rings. The molecule has 0 saturated heterocycles. The average molecular weight is 264 g/mol. The van der Waals surface area contributed by atoms with Crippen LogP contribution in [0.5, 0.6) is 0 Å². The number of H-pyrrole nitrogens is 2. The Hall–Kier alpha value is -2.90. The minimum Gasteiger partial charge on any atom is -0.397 e. The van der Waals surface area contributed by atoms with Crippen LogP contribution in [0.4, 0.5) is 15.8 Å². The summed E-state index contributed by atoms with van der Waals surface area (Å²) < 4.78 is 13.0. The van der Waals surface area contributed by atoms with Crippen LogP contribution in [-0.2, 0) is 0 Å². The lowest BCUT2D eigenvalue weighted by Crippen LogP contribution is -2.29. The molecule has 1 aromatic heterocycles. The maximum Gasteiger partial charge on any atom is 0.325 e. The van der Waals surface area contributed by atoms with Gasteiger partial charge in [-0.1, -0.05) is 0 Å². The second-order valence-corrected chi connectivity index (χ2v) is 3.67. The Morgan fingerprint density at radius 3 is 2.74 bits per heavy atom. The Balaban J connectivity index is 2.33. The van der Waals surface area contributed by atoms with Crippen molar-refractivity contribution in [2.24, 2.45) is 0 Å². The third-order valence-electron chi connectivity index (χ3n) is 2.33. The summed E-state index contributed by atoms with van der Waals surface area (Å²) >= 11 is 0. The van der Waals surface area contributed by atoms with Crippen LogP contribution in [0, 0.1) is 5.82 Å². The SMILES string of the molecule is Nc1ccc(F)cc1NC(=O)c1c[nH]c(=O)[nH]c1=O. The number of carbonyl (C=O) groups excluding carboxylic acids is 1. The van der Waals surface area contributed by atoms with E-state index in [1.165, 1.54) is 6.07 Å². The average Bonchev–Trinajstić information content (AvgIpc) is 2.33. The summed E-state index contributed by atoms with van der Waals surface area (Å²) in [4.78, 5) is 38.0. The largest absolute Gasteiger partial charge is 0.397 e. The van der Waals surface area contributed by atoms with Crippen LogP contribution in [0.1, 0.15) is 10.4 Å². The quantitative estimate of drug-likeness (QED) is 0.572. The van der Waals surface area contributed by atoms with Crippen molar-refractivity contribution < 1.29 is 9.18 Å². The van der Waals surface area contributed by atoms with Gasteiger partial charge in [0.05, 0.1) is 11.4 Å². The van der Waals surface area contributed by atoms with Gasteiger partial charge in [-0.3, -0.25) is 14.6 Å². The lowest BCUT2D eigenvalue weighted by atomic mass is 10.2. The number of benzene rings is 1. The molecular formula is C11H9FN4O3. The first-order valence-electron chi connectivity index (χ1n) is 5.16. The van der Waals surface area contributed by atoms with Gasteiger partial charge in [-0.2, -0.15) is 0 Å². The number of nitrogens with one attached hydrogen (secondary N) is 3. The van der Waals surface area contributed by atoms with E-state index >= 15 is 0 Å². The van der Waals surface area contributed by atoms with Gasteiger partial charge in [-0.25, -0.2) is 9.18 Å². The van der Waals surface area contributed by atoms with Gasteiger partial charge in [-0.05, 0) is 18.2 Å². The number of hydrogen-bond acceptors (Lipinski definition) is 4. The monoisotopic (exact) mass is 264 g/mol. The summed E-state index contributed by atoms with van der Waals surface area (Å²) in [6, 6.07) is 3.44. The number of carbonyl (C=O) groups is 1. The van der Waals surface area contributed by atoms with Crippen molar-refractivity contribution in [1.29, 1.82) is 0 Å². The Morgan fingerprint density at radius 2 is 2.05 bits per heavy atom. The van der Waals surface area contributed by atoms with E-state index in [-0.39, 0.29) is 16.9 Å². The van der Waals surface area contributed by atoms with E-state index < -0.39 is 23.0 Å². The van der Waals surface area contributed by atoms with Crippen LogP contribution in [-0.4, -0.2) is 15.9 Å². The lowest BCUT2D eigenvalue weighted by Gasteiger charge is -2.07.